The maximum Gasteiger partial charge on any atom is 0.196 e. The molecule has 0 aliphatic carbocycles. The quantitative estimate of drug-likeness (QED) is 0.766. The summed E-state index contributed by atoms with van der Waals surface area (Å²) in [6.45, 7) is 0. The molecule has 4 nitrogen and oxygen atoms in total. The number of halogens is 1. The Kier molecular flexibility index (Phi) is 2.58. The SMILES string of the molecule is Cn1ccnc1-c1nccc(CBr)n1. The third-order valence-electron chi connectivity index (χ3n) is 1.87. The Morgan fingerprint density at radius 2 is 2.21 bits per heavy atom. The van der Waals surface area contributed by atoms with Gasteiger partial charge in [-0.1, -0.05) is 15.9 Å². The van der Waals surface area contributed by atoms with Gasteiger partial charge in [-0.3, -0.25) is 0 Å². The standard InChI is InChI=1S/C9H9BrN4/c1-14-5-4-12-9(14)8-11-3-2-7(6-10)13-8/h2-5H,6H2,1H3. The number of nitrogens with zero attached hydrogens (tertiary/aromatic N) is 4. The lowest BCUT2D eigenvalue weighted by molar-refractivity contribution is 0.902. The van der Waals surface area contributed by atoms with Crippen molar-refractivity contribution in [3.05, 3.63) is 30.4 Å². The molecule has 2 aromatic rings. The highest BCUT2D eigenvalue weighted by molar-refractivity contribution is 9.08. The molecule has 0 N–H and O–H groups in total. The van der Waals surface area contributed by atoms with Gasteiger partial charge in [-0.2, -0.15) is 0 Å². The summed E-state index contributed by atoms with van der Waals surface area (Å²) in [6, 6.07) is 1.88. The normalized spacial score (nSPS) is 10.4. The second kappa shape index (κ2) is 3.88. The maximum atomic E-state index is 4.35. The molecule has 2 aromatic heterocycles. The first-order valence-electron chi connectivity index (χ1n) is 4.17. The molecule has 0 aliphatic heterocycles. The van der Waals surface area contributed by atoms with Gasteiger partial charge in [0.25, 0.3) is 0 Å². The Bertz CT molecular complexity index is 438. The number of hydrogen-bond acceptors (Lipinski definition) is 3. The van der Waals surface area contributed by atoms with Crippen LogP contribution in [0.2, 0.25) is 0 Å². The molecule has 14 heavy (non-hydrogen) atoms. The van der Waals surface area contributed by atoms with E-state index in [4.69, 9.17) is 0 Å². The molecule has 2 rings (SSSR count). The van der Waals surface area contributed by atoms with Crippen molar-refractivity contribution in [2.24, 2.45) is 7.05 Å². The van der Waals surface area contributed by atoms with Gasteiger partial charge in [0.15, 0.2) is 11.6 Å². The molecule has 72 valence electrons. The largest absolute Gasteiger partial charge is 0.331 e. The van der Waals surface area contributed by atoms with Crippen molar-refractivity contribution in [1.82, 2.24) is 19.5 Å². The molecule has 5 heteroatoms. The third-order valence-corrected chi connectivity index (χ3v) is 2.45. The average molecular weight is 253 g/mol. The van der Waals surface area contributed by atoms with Crippen LogP contribution in [0.3, 0.4) is 0 Å². The van der Waals surface area contributed by atoms with Crippen LogP contribution in [-0.4, -0.2) is 19.5 Å². The van der Waals surface area contributed by atoms with E-state index < -0.39 is 0 Å². The summed E-state index contributed by atoms with van der Waals surface area (Å²) in [5.74, 6) is 1.45. The van der Waals surface area contributed by atoms with Gasteiger partial charge in [-0.15, -0.1) is 0 Å². The smallest absolute Gasteiger partial charge is 0.196 e. The summed E-state index contributed by atoms with van der Waals surface area (Å²) in [7, 11) is 1.92. The van der Waals surface area contributed by atoms with Crippen molar-refractivity contribution >= 4 is 15.9 Å². The van der Waals surface area contributed by atoms with Crippen molar-refractivity contribution in [2.75, 3.05) is 0 Å². The first-order chi connectivity index (χ1) is 6.81. The van der Waals surface area contributed by atoms with Crippen molar-refractivity contribution in [3.8, 4) is 11.6 Å². The fourth-order valence-electron chi connectivity index (χ4n) is 1.16. The summed E-state index contributed by atoms with van der Waals surface area (Å²) in [4.78, 5) is 12.7. The Hall–Kier alpha value is -1.23. The number of aromatic nitrogens is 4. The lowest BCUT2D eigenvalue weighted by atomic mass is 10.4. The first-order valence-corrected chi connectivity index (χ1v) is 5.29. The molecule has 0 unspecified atom stereocenters. The van der Waals surface area contributed by atoms with E-state index in [1.807, 2.05) is 23.9 Å². The highest BCUT2D eigenvalue weighted by Crippen LogP contribution is 2.11. The zero-order chi connectivity index (χ0) is 9.97. The molecule has 0 aromatic carbocycles. The molecule has 0 bridgehead atoms. The van der Waals surface area contributed by atoms with Crippen LogP contribution >= 0.6 is 15.9 Å². The fraction of sp³-hybridized carbons (Fsp3) is 0.222. The average Bonchev–Trinajstić information content (AvgIpc) is 2.65. The predicted molar refractivity (Wildman–Crippen MR) is 56.9 cm³/mol. The van der Waals surface area contributed by atoms with E-state index in [9.17, 15) is 0 Å². The predicted octanol–water partition coefficient (Wildman–Crippen LogP) is 1.77. The zero-order valence-electron chi connectivity index (χ0n) is 7.68. The monoisotopic (exact) mass is 252 g/mol. The Balaban J connectivity index is 2.47. The Morgan fingerprint density at radius 1 is 1.36 bits per heavy atom. The summed E-state index contributed by atoms with van der Waals surface area (Å²) in [5.41, 5.74) is 0.956. The van der Waals surface area contributed by atoms with E-state index in [0.29, 0.717) is 5.82 Å². The Morgan fingerprint density at radius 3 is 2.86 bits per heavy atom. The van der Waals surface area contributed by atoms with Crippen molar-refractivity contribution in [3.63, 3.8) is 0 Å². The first kappa shape index (κ1) is 9.33. The lowest BCUT2D eigenvalue weighted by Crippen LogP contribution is -1.98. The van der Waals surface area contributed by atoms with Crippen molar-refractivity contribution in [1.29, 1.82) is 0 Å². The Labute approximate surface area is 90.2 Å². The molecule has 2 heterocycles. The zero-order valence-corrected chi connectivity index (χ0v) is 9.27. The molecular weight excluding hydrogens is 244 g/mol. The summed E-state index contributed by atoms with van der Waals surface area (Å²) < 4.78 is 1.90. The van der Waals surface area contributed by atoms with Crippen molar-refractivity contribution < 1.29 is 0 Å². The van der Waals surface area contributed by atoms with Crippen LogP contribution in [0, 0.1) is 0 Å². The van der Waals surface area contributed by atoms with E-state index in [-0.39, 0.29) is 0 Å². The van der Waals surface area contributed by atoms with Crippen LogP contribution in [-0.2, 0) is 12.4 Å². The van der Waals surface area contributed by atoms with Crippen LogP contribution in [0.15, 0.2) is 24.7 Å². The van der Waals surface area contributed by atoms with Crippen molar-refractivity contribution in [2.45, 2.75) is 5.33 Å². The molecule has 0 saturated carbocycles. The lowest BCUT2D eigenvalue weighted by Gasteiger charge is -2.00. The van der Waals surface area contributed by atoms with E-state index in [2.05, 4.69) is 30.9 Å². The summed E-state index contributed by atoms with van der Waals surface area (Å²) in [5, 5.41) is 0.729. The second-order valence-corrected chi connectivity index (χ2v) is 3.43. The molecule has 0 saturated heterocycles. The highest BCUT2D eigenvalue weighted by Gasteiger charge is 2.06. The number of alkyl halides is 1. The molecule has 0 atom stereocenters. The fourth-order valence-corrected chi connectivity index (χ4v) is 1.47. The van der Waals surface area contributed by atoms with Crippen LogP contribution < -0.4 is 0 Å². The van der Waals surface area contributed by atoms with Gasteiger partial charge in [0.2, 0.25) is 0 Å². The second-order valence-electron chi connectivity index (χ2n) is 2.87. The topological polar surface area (TPSA) is 43.6 Å². The van der Waals surface area contributed by atoms with Gasteiger partial charge >= 0.3 is 0 Å². The van der Waals surface area contributed by atoms with Gasteiger partial charge < -0.3 is 4.57 Å². The minimum Gasteiger partial charge on any atom is -0.331 e. The van der Waals surface area contributed by atoms with Crippen LogP contribution in [0.4, 0.5) is 0 Å². The molecular formula is C9H9BrN4. The number of imidazole rings is 1. The molecule has 0 spiro atoms. The third kappa shape index (κ3) is 1.68. The number of hydrogen-bond donors (Lipinski definition) is 0. The highest BCUT2D eigenvalue weighted by atomic mass is 79.9. The van der Waals surface area contributed by atoms with E-state index in [1.165, 1.54) is 0 Å². The minimum atomic E-state index is 0.662. The maximum absolute atomic E-state index is 4.35. The van der Waals surface area contributed by atoms with Crippen LogP contribution in [0.25, 0.3) is 11.6 Å². The molecule has 0 aliphatic rings. The van der Waals surface area contributed by atoms with Crippen LogP contribution in [0.5, 0.6) is 0 Å². The van der Waals surface area contributed by atoms with E-state index in [1.54, 1.807) is 12.4 Å². The summed E-state index contributed by atoms with van der Waals surface area (Å²) >= 11 is 3.36. The van der Waals surface area contributed by atoms with E-state index in [0.717, 1.165) is 16.8 Å². The van der Waals surface area contributed by atoms with Gasteiger partial charge in [0.1, 0.15) is 0 Å². The van der Waals surface area contributed by atoms with Gasteiger partial charge in [0, 0.05) is 31.0 Å². The minimum absolute atomic E-state index is 0.662. The molecule has 0 amide bonds. The number of rotatable bonds is 2. The summed E-state index contributed by atoms with van der Waals surface area (Å²) in [6.07, 6.45) is 5.35. The van der Waals surface area contributed by atoms with Gasteiger partial charge in [0.05, 0.1) is 5.69 Å². The van der Waals surface area contributed by atoms with Gasteiger partial charge in [-0.25, -0.2) is 15.0 Å². The number of aryl methyl sites for hydroxylation is 1. The molecule has 0 fully saturated rings. The van der Waals surface area contributed by atoms with E-state index >= 15 is 0 Å². The molecule has 0 radical (unpaired) electrons. The van der Waals surface area contributed by atoms with Crippen LogP contribution in [0.1, 0.15) is 5.69 Å². The van der Waals surface area contributed by atoms with Gasteiger partial charge in [-0.05, 0) is 6.07 Å².